The smallest absolute Gasteiger partial charge is 0.341 e. The Kier molecular flexibility index (Phi) is 3.09. The van der Waals surface area contributed by atoms with Gasteiger partial charge < -0.3 is 15.0 Å². The first-order chi connectivity index (χ1) is 8.81. The standard InChI is InChI=1S/C13H16N2O2S/c1-17-13(16)11-9-4-5-14-8-10(9)18-12(11)15-6-2-3-7-15/h2-3,14H,4-8H2,1H3. The van der Waals surface area contributed by atoms with Gasteiger partial charge in [0, 0.05) is 24.5 Å². The number of hydrogen-bond donors (Lipinski definition) is 1. The van der Waals surface area contributed by atoms with Crippen molar-refractivity contribution in [3.05, 3.63) is 28.2 Å². The molecule has 2 aliphatic heterocycles. The van der Waals surface area contributed by atoms with Crippen LogP contribution < -0.4 is 10.2 Å². The number of carbonyl (C=O) groups is 1. The average molecular weight is 264 g/mol. The molecule has 0 saturated heterocycles. The fourth-order valence-electron chi connectivity index (χ4n) is 2.50. The SMILES string of the molecule is COC(=O)c1c(N2CC=CC2)sc2c1CCNC2. The molecule has 0 unspecified atom stereocenters. The van der Waals surface area contributed by atoms with Crippen molar-refractivity contribution in [2.45, 2.75) is 13.0 Å². The third kappa shape index (κ3) is 1.83. The molecule has 2 aliphatic rings. The molecule has 0 atom stereocenters. The molecule has 0 aliphatic carbocycles. The Labute approximate surface area is 110 Å². The zero-order valence-electron chi connectivity index (χ0n) is 10.4. The molecule has 0 bridgehead atoms. The first-order valence-corrected chi connectivity index (χ1v) is 6.96. The fraction of sp³-hybridized carbons (Fsp3) is 0.462. The van der Waals surface area contributed by atoms with Gasteiger partial charge in [-0.15, -0.1) is 11.3 Å². The van der Waals surface area contributed by atoms with Crippen molar-refractivity contribution in [3.8, 4) is 0 Å². The number of thiophene rings is 1. The summed E-state index contributed by atoms with van der Waals surface area (Å²) in [5.41, 5.74) is 1.98. The van der Waals surface area contributed by atoms with E-state index in [9.17, 15) is 4.79 Å². The molecule has 3 heterocycles. The van der Waals surface area contributed by atoms with Crippen molar-refractivity contribution in [1.82, 2.24) is 5.32 Å². The Hall–Kier alpha value is -1.33. The van der Waals surface area contributed by atoms with E-state index in [1.807, 2.05) is 0 Å². The predicted octanol–water partition coefficient (Wildman–Crippen LogP) is 1.56. The average Bonchev–Trinajstić information content (AvgIpc) is 3.04. The summed E-state index contributed by atoms with van der Waals surface area (Å²) in [6, 6.07) is 0. The van der Waals surface area contributed by atoms with Crippen LogP contribution in [0.1, 0.15) is 20.8 Å². The fourth-order valence-corrected chi connectivity index (χ4v) is 3.82. The summed E-state index contributed by atoms with van der Waals surface area (Å²) >= 11 is 1.73. The van der Waals surface area contributed by atoms with Crippen LogP contribution in [0.25, 0.3) is 0 Å². The predicted molar refractivity (Wildman–Crippen MR) is 72.4 cm³/mol. The van der Waals surface area contributed by atoms with Crippen LogP contribution in [0.5, 0.6) is 0 Å². The molecule has 18 heavy (non-hydrogen) atoms. The maximum absolute atomic E-state index is 12.0. The Morgan fingerprint density at radius 2 is 2.22 bits per heavy atom. The largest absolute Gasteiger partial charge is 0.465 e. The zero-order chi connectivity index (χ0) is 12.5. The molecule has 0 aromatic carbocycles. The van der Waals surface area contributed by atoms with Crippen molar-refractivity contribution in [2.75, 3.05) is 31.6 Å². The van der Waals surface area contributed by atoms with E-state index in [1.165, 1.54) is 17.6 Å². The molecule has 3 rings (SSSR count). The van der Waals surface area contributed by atoms with Gasteiger partial charge in [0.15, 0.2) is 0 Å². The molecular formula is C13H16N2O2S. The summed E-state index contributed by atoms with van der Waals surface area (Å²) in [6.45, 7) is 3.57. The second kappa shape index (κ2) is 4.74. The Morgan fingerprint density at radius 1 is 1.44 bits per heavy atom. The van der Waals surface area contributed by atoms with Crippen LogP contribution in [0.3, 0.4) is 0 Å². The lowest BCUT2D eigenvalue weighted by molar-refractivity contribution is 0.0600. The van der Waals surface area contributed by atoms with Crippen molar-refractivity contribution in [3.63, 3.8) is 0 Å². The van der Waals surface area contributed by atoms with E-state index in [1.54, 1.807) is 11.3 Å². The Morgan fingerprint density at radius 3 is 2.94 bits per heavy atom. The van der Waals surface area contributed by atoms with Crippen LogP contribution in [-0.4, -0.2) is 32.7 Å². The first kappa shape index (κ1) is 11.7. The van der Waals surface area contributed by atoms with Gasteiger partial charge in [-0.05, 0) is 18.5 Å². The number of fused-ring (bicyclic) bond motifs is 1. The van der Waals surface area contributed by atoms with Crippen molar-refractivity contribution in [2.24, 2.45) is 0 Å². The molecule has 0 saturated carbocycles. The lowest BCUT2D eigenvalue weighted by Gasteiger charge is -2.17. The van der Waals surface area contributed by atoms with Crippen LogP contribution in [0.4, 0.5) is 5.00 Å². The number of esters is 1. The molecule has 0 radical (unpaired) electrons. The van der Waals surface area contributed by atoms with Gasteiger partial charge in [0.2, 0.25) is 0 Å². The lowest BCUT2D eigenvalue weighted by atomic mass is 10.0. The summed E-state index contributed by atoms with van der Waals surface area (Å²) in [7, 11) is 1.46. The van der Waals surface area contributed by atoms with E-state index in [0.717, 1.165) is 43.2 Å². The highest BCUT2D eigenvalue weighted by Crippen LogP contribution is 2.38. The summed E-state index contributed by atoms with van der Waals surface area (Å²) in [5.74, 6) is -0.198. The highest BCUT2D eigenvalue weighted by atomic mass is 32.1. The van der Waals surface area contributed by atoms with Gasteiger partial charge in [-0.25, -0.2) is 4.79 Å². The summed E-state index contributed by atoms with van der Waals surface area (Å²) in [5, 5.41) is 4.42. The van der Waals surface area contributed by atoms with Crippen molar-refractivity contribution in [1.29, 1.82) is 0 Å². The highest BCUT2D eigenvalue weighted by molar-refractivity contribution is 7.16. The van der Waals surface area contributed by atoms with E-state index >= 15 is 0 Å². The zero-order valence-corrected chi connectivity index (χ0v) is 11.2. The van der Waals surface area contributed by atoms with Gasteiger partial charge in [0.25, 0.3) is 0 Å². The normalized spacial score (nSPS) is 17.9. The molecule has 0 fully saturated rings. The molecule has 0 amide bonds. The highest BCUT2D eigenvalue weighted by Gasteiger charge is 2.28. The number of nitrogens with one attached hydrogen (secondary N) is 1. The third-order valence-electron chi connectivity index (χ3n) is 3.40. The number of ether oxygens (including phenoxy) is 1. The monoisotopic (exact) mass is 264 g/mol. The van der Waals surface area contributed by atoms with Gasteiger partial charge >= 0.3 is 5.97 Å². The van der Waals surface area contributed by atoms with Crippen LogP contribution in [0.15, 0.2) is 12.2 Å². The van der Waals surface area contributed by atoms with Gasteiger partial charge in [0.05, 0.1) is 12.7 Å². The quantitative estimate of drug-likeness (QED) is 0.650. The maximum atomic E-state index is 12.0. The van der Waals surface area contributed by atoms with Gasteiger partial charge in [-0.3, -0.25) is 0 Å². The molecule has 1 N–H and O–H groups in total. The Bertz CT molecular complexity index is 499. The van der Waals surface area contributed by atoms with Gasteiger partial charge in [-0.1, -0.05) is 12.2 Å². The van der Waals surface area contributed by atoms with E-state index in [4.69, 9.17) is 4.74 Å². The van der Waals surface area contributed by atoms with Crippen LogP contribution >= 0.6 is 11.3 Å². The van der Waals surface area contributed by atoms with Gasteiger partial charge in [-0.2, -0.15) is 0 Å². The van der Waals surface area contributed by atoms with Crippen LogP contribution in [0.2, 0.25) is 0 Å². The number of anilines is 1. The first-order valence-electron chi connectivity index (χ1n) is 6.14. The molecular weight excluding hydrogens is 248 g/mol. The van der Waals surface area contributed by atoms with Crippen LogP contribution in [-0.2, 0) is 17.7 Å². The minimum absolute atomic E-state index is 0.198. The Balaban J connectivity index is 2.06. The van der Waals surface area contributed by atoms with Crippen LogP contribution in [0, 0.1) is 0 Å². The second-order valence-corrected chi connectivity index (χ2v) is 5.56. The van der Waals surface area contributed by atoms with E-state index < -0.39 is 0 Å². The van der Waals surface area contributed by atoms with E-state index in [0.29, 0.717) is 0 Å². The summed E-state index contributed by atoms with van der Waals surface area (Å²) < 4.78 is 4.96. The molecule has 5 heteroatoms. The summed E-state index contributed by atoms with van der Waals surface area (Å²) in [6.07, 6.45) is 5.19. The van der Waals surface area contributed by atoms with E-state index in [-0.39, 0.29) is 5.97 Å². The number of nitrogens with zero attached hydrogens (tertiary/aromatic N) is 1. The molecule has 96 valence electrons. The maximum Gasteiger partial charge on any atom is 0.341 e. The van der Waals surface area contributed by atoms with Crippen molar-refractivity contribution < 1.29 is 9.53 Å². The topological polar surface area (TPSA) is 41.6 Å². The number of hydrogen-bond acceptors (Lipinski definition) is 5. The second-order valence-electron chi connectivity index (χ2n) is 4.48. The number of methoxy groups -OCH3 is 1. The van der Waals surface area contributed by atoms with E-state index in [2.05, 4.69) is 22.4 Å². The summed E-state index contributed by atoms with van der Waals surface area (Å²) in [4.78, 5) is 15.6. The van der Waals surface area contributed by atoms with Crippen molar-refractivity contribution >= 4 is 22.3 Å². The molecule has 1 aromatic heterocycles. The molecule has 0 spiro atoms. The number of rotatable bonds is 2. The minimum atomic E-state index is -0.198. The minimum Gasteiger partial charge on any atom is -0.465 e. The van der Waals surface area contributed by atoms with Gasteiger partial charge in [0.1, 0.15) is 5.00 Å². The molecule has 4 nitrogen and oxygen atoms in total. The third-order valence-corrected chi connectivity index (χ3v) is 4.70. The lowest BCUT2D eigenvalue weighted by Crippen LogP contribution is -2.24. The number of carbonyl (C=O) groups excluding carboxylic acids is 1. The molecule has 1 aromatic rings.